The molecular formula is C15H16FN. The standard InChI is InChI=1S/C15H16FN/c1-11-6-7-14(16)10-13(11)8-12-4-3-5-15(9-12)17-2/h3-7,9-10,17H,8H2,1-2H3. The normalized spacial score (nSPS) is 10.3. The Labute approximate surface area is 101 Å². The van der Waals surface area contributed by atoms with Gasteiger partial charge in [0.1, 0.15) is 5.82 Å². The first-order chi connectivity index (χ1) is 8.19. The van der Waals surface area contributed by atoms with E-state index in [0.29, 0.717) is 0 Å². The largest absolute Gasteiger partial charge is 0.388 e. The van der Waals surface area contributed by atoms with Crippen LogP contribution in [-0.2, 0) is 6.42 Å². The van der Waals surface area contributed by atoms with E-state index < -0.39 is 0 Å². The van der Waals surface area contributed by atoms with E-state index in [1.54, 1.807) is 6.07 Å². The van der Waals surface area contributed by atoms with Crippen LogP contribution in [0.25, 0.3) is 0 Å². The molecule has 0 saturated heterocycles. The van der Waals surface area contributed by atoms with Gasteiger partial charge < -0.3 is 5.32 Å². The van der Waals surface area contributed by atoms with Gasteiger partial charge >= 0.3 is 0 Å². The summed E-state index contributed by atoms with van der Waals surface area (Å²) in [5.41, 5.74) is 4.43. The van der Waals surface area contributed by atoms with E-state index in [2.05, 4.69) is 17.4 Å². The maximum absolute atomic E-state index is 13.2. The summed E-state index contributed by atoms with van der Waals surface area (Å²) in [7, 11) is 1.90. The molecule has 17 heavy (non-hydrogen) atoms. The van der Waals surface area contributed by atoms with E-state index in [1.807, 2.05) is 32.2 Å². The van der Waals surface area contributed by atoms with Gasteiger partial charge in [-0.15, -0.1) is 0 Å². The quantitative estimate of drug-likeness (QED) is 0.844. The van der Waals surface area contributed by atoms with E-state index in [-0.39, 0.29) is 5.82 Å². The minimum Gasteiger partial charge on any atom is -0.388 e. The van der Waals surface area contributed by atoms with Gasteiger partial charge in [0.05, 0.1) is 0 Å². The van der Waals surface area contributed by atoms with E-state index in [1.165, 1.54) is 11.6 Å². The third-order valence-corrected chi connectivity index (χ3v) is 2.92. The van der Waals surface area contributed by atoms with Crippen LogP contribution in [0.15, 0.2) is 42.5 Å². The molecule has 1 N–H and O–H groups in total. The predicted molar refractivity (Wildman–Crippen MR) is 69.9 cm³/mol. The van der Waals surface area contributed by atoms with Gasteiger partial charge in [-0.3, -0.25) is 0 Å². The number of hydrogen-bond donors (Lipinski definition) is 1. The van der Waals surface area contributed by atoms with Gasteiger partial charge in [-0.1, -0.05) is 18.2 Å². The summed E-state index contributed by atoms with van der Waals surface area (Å²) in [5.74, 6) is -0.171. The molecule has 0 unspecified atom stereocenters. The Morgan fingerprint density at radius 3 is 2.71 bits per heavy atom. The number of benzene rings is 2. The van der Waals surface area contributed by atoms with Crippen molar-refractivity contribution in [2.75, 3.05) is 12.4 Å². The zero-order valence-electron chi connectivity index (χ0n) is 10.1. The average molecular weight is 229 g/mol. The van der Waals surface area contributed by atoms with E-state index in [9.17, 15) is 4.39 Å². The summed E-state index contributed by atoms with van der Waals surface area (Å²) < 4.78 is 13.2. The van der Waals surface area contributed by atoms with Crippen molar-refractivity contribution in [2.24, 2.45) is 0 Å². The lowest BCUT2D eigenvalue weighted by atomic mass is 10.0. The second kappa shape index (κ2) is 5.00. The van der Waals surface area contributed by atoms with Crippen molar-refractivity contribution in [1.29, 1.82) is 0 Å². The molecule has 0 fully saturated rings. The van der Waals surface area contributed by atoms with E-state index in [4.69, 9.17) is 0 Å². The minimum atomic E-state index is -0.171. The Balaban J connectivity index is 2.27. The first-order valence-corrected chi connectivity index (χ1v) is 5.71. The second-order valence-corrected chi connectivity index (χ2v) is 4.20. The smallest absolute Gasteiger partial charge is 0.123 e. The van der Waals surface area contributed by atoms with Crippen molar-refractivity contribution in [3.63, 3.8) is 0 Å². The maximum Gasteiger partial charge on any atom is 0.123 e. The van der Waals surface area contributed by atoms with Gasteiger partial charge in [-0.2, -0.15) is 0 Å². The first-order valence-electron chi connectivity index (χ1n) is 5.71. The molecule has 88 valence electrons. The molecule has 2 aromatic rings. The molecule has 0 saturated carbocycles. The fourth-order valence-electron chi connectivity index (χ4n) is 1.89. The fourth-order valence-corrected chi connectivity index (χ4v) is 1.89. The number of rotatable bonds is 3. The van der Waals surface area contributed by atoms with Crippen molar-refractivity contribution in [3.05, 3.63) is 65.0 Å². The maximum atomic E-state index is 13.2. The van der Waals surface area contributed by atoms with Gasteiger partial charge in [-0.25, -0.2) is 4.39 Å². The number of nitrogens with one attached hydrogen (secondary N) is 1. The number of halogens is 1. The van der Waals surface area contributed by atoms with Crippen LogP contribution in [0.3, 0.4) is 0 Å². The topological polar surface area (TPSA) is 12.0 Å². The Kier molecular flexibility index (Phi) is 3.43. The lowest BCUT2D eigenvalue weighted by Gasteiger charge is -2.08. The third-order valence-electron chi connectivity index (χ3n) is 2.92. The van der Waals surface area contributed by atoms with E-state index in [0.717, 1.165) is 23.2 Å². The van der Waals surface area contributed by atoms with Crippen LogP contribution in [-0.4, -0.2) is 7.05 Å². The molecule has 0 aliphatic rings. The highest BCUT2D eigenvalue weighted by Crippen LogP contribution is 2.17. The molecule has 0 aliphatic carbocycles. The molecule has 2 aromatic carbocycles. The Hall–Kier alpha value is -1.83. The van der Waals surface area contributed by atoms with Gasteiger partial charge in [-0.05, 0) is 54.3 Å². The first kappa shape index (κ1) is 11.6. The van der Waals surface area contributed by atoms with Gasteiger partial charge in [0, 0.05) is 12.7 Å². The molecule has 0 amide bonds. The molecule has 0 heterocycles. The molecule has 0 radical (unpaired) electrons. The van der Waals surface area contributed by atoms with Crippen molar-refractivity contribution >= 4 is 5.69 Å². The molecule has 0 bridgehead atoms. The van der Waals surface area contributed by atoms with Gasteiger partial charge in [0.2, 0.25) is 0 Å². The van der Waals surface area contributed by atoms with E-state index >= 15 is 0 Å². The highest BCUT2D eigenvalue weighted by Gasteiger charge is 2.02. The number of aryl methyl sites for hydroxylation is 1. The summed E-state index contributed by atoms with van der Waals surface area (Å²) in [4.78, 5) is 0. The molecule has 2 heteroatoms. The summed E-state index contributed by atoms with van der Waals surface area (Å²) in [6.45, 7) is 2.01. The van der Waals surface area contributed by atoms with Gasteiger partial charge in [0.25, 0.3) is 0 Å². The minimum absolute atomic E-state index is 0.171. The van der Waals surface area contributed by atoms with Crippen LogP contribution in [0.4, 0.5) is 10.1 Å². The molecule has 1 nitrogen and oxygen atoms in total. The SMILES string of the molecule is CNc1cccc(Cc2cc(F)ccc2C)c1. The third kappa shape index (κ3) is 2.84. The molecule has 0 aromatic heterocycles. The molecular weight excluding hydrogens is 213 g/mol. The predicted octanol–water partition coefficient (Wildman–Crippen LogP) is 3.77. The summed E-state index contributed by atoms with van der Waals surface area (Å²) in [5, 5.41) is 3.11. The lowest BCUT2D eigenvalue weighted by Crippen LogP contribution is -1.95. The van der Waals surface area contributed by atoms with Crippen LogP contribution in [0, 0.1) is 12.7 Å². The average Bonchev–Trinajstić information content (AvgIpc) is 2.34. The molecule has 0 spiro atoms. The number of anilines is 1. The zero-order chi connectivity index (χ0) is 12.3. The molecule has 0 aliphatic heterocycles. The van der Waals surface area contributed by atoms with Crippen LogP contribution < -0.4 is 5.32 Å². The van der Waals surface area contributed by atoms with Crippen LogP contribution >= 0.6 is 0 Å². The summed E-state index contributed by atoms with van der Waals surface area (Å²) >= 11 is 0. The number of hydrogen-bond acceptors (Lipinski definition) is 1. The Morgan fingerprint density at radius 1 is 1.12 bits per heavy atom. The Bertz CT molecular complexity index is 520. The van der Waals surface area contributed by atoms with Crippen molar-refractivity contribution in [2.45, 2.75) is 13.3 Å². The highest BCUT2D eigenvalue weighted by molar-refractivity contribution is 5.46. The van der Waals surface area contributed by atoms with Crippen LogP contribution in [0.2, 0.25) is 0 Å². The van der Waals surface area contributed by atoms with Crippen LogP contribution in [0.1, 0.15) is 16.7 Å². The summed E-state index contributed by atoms with van der Waals surface area (Å²) in [6.07, 6.45) is 0.763. The van der Waals surface area contributed by atoms with Crippen molar-refractivity contribution < 1.29 is 4.39 Å². The monoisotopic (exact) mass is 229 g/mol. The van der Waals surface area contributed by atoms with Gasteiger partial charge in [0.15, 0.2) is 0 Å². The van der Waals surface area contributed by atoms with Crippen LogP contribution in [0.5, 0.6) is 0 Å². The lowest BCUT2D eigenvalue weighted by molar-refractivity contribution is 0.625. The fraction of sp³-hybridized carbons (Fsp3) is 0.200. The Morgan fingerprint density at radius 2 is 1.94 bits per heavy atom. The molecule has 0 atom stereocenters. The molecule has 2 rings (SSSR count). The van der Waals surface area contributed by atoms with Crippen molar-refractivity contribution in [1.82, 2.24) is 0 Å². The highest BCUT2D eigenvalue weighted by atomic mass is 19.1. The van der Waals surface area contributed by atoms with Crippen molar-refractivity contribution in [3.8, 4) is 0 Å². The second-order valence-electron chi connectivity index (χ2n) is 4.20. The summed E-state index contributed by atoms with van der Waals surface area (Å²) in [6, 6.07) is 13.1. The zero-order valence-corrected chi connectivity index (χ0v) is 10.1.